The van der Waals surface area contributed by atoms with Crippen LogP contribution < -0.4 is 16.0 Å². The van der Waals surface area contributed by atoms with Crippen LogP contribution in [0, 0.1) is 10.1 Å². The lowest BCUT2D eigenvalue weighted by Gasteiger charge is -2.08. The van der Waals surface area contributed by atoms with Gasteiger partial charge in [0.15, 0.2) is 0 Å². The summed E-state index contributed by atoms with van der Waals surface area (Å²) in [6, 6.07) is 4.32. The highest BCUT2D eigenvalue weighted by atomic mass is 16.6. The first kappa shape index (κ1) is 22.2. The third-order valence-corrected chi connectivity index (χ3v) is 3.91. The van der Waals surface area contributed by atoms with Crippen molar-refractivity contribution in [1.82, 2.24) is 10.6 Å². The zero-order valence-electron chi connectivity index (χ0n) is 15.6. The van der Waals surface area contributed by atoms with Crippen molar-refractivity contribution in [2.24, 2.45) is 5.11 Å². The van der Waals surface area contributed by atoms with Crippen LogP contribution in [-0.2, 0) is 4.79 Å². The number of hydrogen-bond acceptors (Lipinski definition) is 6. The number of nitrogens with one attached hydrogen (secondary N) is 3. The first-order valence-corrected chi connectivity index (χ1v) is 9.07. The topological polar surface area (TPSA) is 145 Å². The minimum Gasteiger partial charge on any atom is -0.379 e. The lowest BCUT2D eigenvalue weighted by atomic mass is 10.1. The standard InChI is InChI=1S/C17H27N7O3/c1-19-10-6-12-21-17(25)7-4-2-3-5-11-20-15-9-8-14(22-23-18)13-16(15)24(26)27/h8-9,13,19-20H,2-7,10-12H2,1H3,(H,21,25). The lowest BCUT2D eigenvalue weighted by Crippen LogP contribution is -2.26. The van der Waals surface area contributed by atoms with E-state index >= 15 is 0 Å². The van der Waals surface area contributed by atoms with Gasteiger partial charge in [-0.1, -0.05) is 24.0 Å². The minimum atomic E-state index is -0.506. The molecular formula is C17H27N7O3. The number of nitrogens with zero attached hydrogens (tertiary/aromatic N) is 4. The van der Waals surface area contributed by atoms with E-state index in [1.54, 1.807) is 6.07 Å². The Hall–Kier alpha value is -2.84. The molecule has 1 aromatic rings. The number of anilines is 1. The molecule has 0 aliphatic rings. The maximum Gasteiger partial charge on any atom is 0.292 e. The van der Waals surface area contributed by atoms with Gasteiger partial charge in [-0.3, -0.25) is 14.9 Å². The summed E-state index contributed by atoms with van der Waals surface area (Å²) in [4.78, 5) is 24.9. The number of rotatable bonds is 14. The van der Waals surface area contributed by atoms with Gasteiger partial charge < -0.3 is 16.0 Å². The molecule has 0 bridgehead atoms. The molecule has 3 N–H and O–H groups in total. The van der Waals surface area contributed by atoms with E-state index in [0.717, 1.165) is 38.6 Å². The van der Waals surface area contributed by atoms with Crippen LogP contribution in [0.25, 0.3) is 10.4 Å². The smallest absolute Gasteiger partial charge is 0.292 e. The van der Waals surface area contributed by atoms with Crippen molar-refractivity contribution < 1.29 is 9.72 Å². The van der Waals surface area contributed by atoms with Crippen LogP contribution in [0.1, 0.15) is 38.5 Å². The van der Waals surface area contributed by atoms with E-state index in [-0.39, 0.29) is 17.3 Å². The second-order valence-corrected chi connectivity index (χ2v) is 6.05. The van der Waals surface area contributed by atoms with Crippen LogP contribution in [-0.4, -0.2) is 37.5 Å². The van der Waals surface area contributed by atoms with Gasteiger partial charge >= 0.3 is 0 Å². The number of azide groups is 1. The SMILES string of the molecule is CNCCCNC(=O)CCCCCCNc1ccc(N=[N+]=[N-])cc1[N+](=O)[O-]. The zero-order chi connectivity index (χ0) is 19.9. The quantitative estimate of drug-likeness (QED) is 0.113. The third-order valence-electron chi connectivity index (χ3n) is 3.91. The predicted molar refractivity (Wildman–Crippen MR) is 105 cm³/mol. The number of nitro benzene ring substituents is 1. The van der Waals surface area contributed by atoms with Crippen molar-refractivity contribution >= 4 is 23.0 Å². The Kier molecular flexibility index (Phi) is 11.0. The van der Waals surface area contributed by atoms with Crippen molar-refractivity contribution in [2.45, 2.75) is 38.5 Å². The highest BCUT2D eigenvalue weighted by molar-refractivity contribution is 5.75. The number of carbonyl (C=O) groups is 1. The molecule has 0 saturated heterocycles. The fraction of sp³-hybridized carbons (Fsp3) is 0.588. The Morgan fingerprint density at radius 1 is 1.19 bits per heavy atom. The second kappa shape index (κ2) is 13.4. The van der Waals surface area contributed by atoms with Gasteiger partial charge in [-0.15, -0.1) is 0 Å². The summed E-state index contributed by atoms with van der Waals surface area (Å²) in [6.45, 7) is 2.18. The summed E-state index contributed by atoms with van der Waals surface area (Å²) in [5.74, 6) is 0.0833. The maximum atomic E-state index is 11.6. The van der Waals surface area contributed by atoms with Gasteiger partial charge in [0, 0.05) is 36.2 Å². The molecule has 0 aliphatic carbocycles. The largest absolute Gasteiger partial charge is 0.379 e. The minimum absolute atomic E-state index is 0.0833. The summed E-state index contributed by atoms with van der Waals surface area (Å²) in [6.07, 6.45) is 5.00. The average Bonchev–Trinajstić information content (AvgIpc) is 2.65. The highest BCUT2D eigenvalue weighted by Gasteiger charge is 2.13. The molecule has 0 heterocycles. The molecular weight excluding hydrogens is 350 g/mol. The molecule has 27 heavy (non-hydrogen) atoms. The summed E-state index contributed by atoms with van der Waals surface area (Å²) in [7, 11) is 1.88. The van der Waals surface area contributed by atoms with Gasteiger partial charge in [0.05, 0.1) is 4.92 Å². The highest BCUT2D eigenvalue weighted by Crippen LogP contribution is 2.29. The Labute approximate surface area is 158 Å². The van der Waals surface area contributed by atoms with Crippen molar-refractivity contribution in [1.29, 1.82) is 0 Å². The molecule has 1 amide bonds. The van der Waals surface area contributed by atoms with Gasteiger partial charge in [-0.25, -0.2) is 0 Å². The number of hydrogen-bond donors (Lipinski definition) is 3. The number of nitro groups is 1. The van der Waals surface area contributed by atoms with Crippen LogP contribution in [0.2, 0.25) is 0 Å². The fourth-order valence-electron chi connectivity index (χ4n) is 2.50. The normalized spacial score (nSPS) is 10.1. The average molecular weight is 377 g/mol. The number of amides is 1. The summed E-state index contributed by atoms with van der Waals surface area (Å²) >= 11 is 0. The molecule has 10 nitrogen and oxygen atoms in total. The molecule has 0 radical (unpaired) electrons. The maximum absolute atomic E-state index is 11.6. The van der Waals surface area contributed by atoms with Gasteiger partial charge in [0.25, 0.3) is 5.69 Å². The summed E-state index contributed by atoms with van der Waals surface area (Å²) in [5.41, 5.74) is 8.90. The molecule has 0 aromatic heterocycles. The van der Waals surface area contributed by atoms with Gasteiger partial charge in [-0.05, 0) is 44.5 Å². The number of carbonyl (C=O) groups excluding carboxylic acids is 1. The molecule has 0 spiro atoms. The van der Waals surface area contributed by atoms with E-state index in [2.05, 4.69) is 26.0 Å². The van der Waals surface area contributed by atoms with Gasteiger partial charge in [0.1, 0.15) is 5.69 Å². The van der Waals surface area contributed by atoms with Crippen molar-refractivity contribution in [3.8, 4) is 0 Å². The summed E-state index contributed by atoms with van der Waals surface area (Å²) in [5, 5.41) is 23.5. The Bertz CT molecular complexity index is 660. The van der Waals surface area contributed by atoms with E-state index in [0.29, 0.717) is 25.2 Å². The van der Waals surface area contributed by atoms with Crippen molar-refractivity contribution in [3.63, 3.8) is 0 Å². The fourth-order valence-corrected chi connectivity index (χ4v) is 2.50. The van der Waals surface area contributed by atoms with Crippen LogP contribution in [0.3, 0.4) is 0 Å². The molecule has 1 rings (SSSR count). The molecule has 0 atom stereocenters. The number of benzene rings is 1. The summed E-state index contributed by atoms with van der Waals surface area (Å²) < 4.78 is 0. The first-order chi connectivity index (χ1) is 13.1. The van der Waals surface area contributed by atoms with Crippen LogP contribution in [0.15, 0.2) is 23.3 Å². The molecule has 10 heteroatoms. The van der Waals surface area contributed by atoms with E-state index in [1.807, 2.05) is 7.05 Å². The lowest BCUT2D eigenvalue weighted by molar-refractivity contribution is -0.383. The Morgan fingerprint density at radius 3 is 2.67 bits per heavy atom. The second-order valence-electron chi connectivity index (χ2n) is 6.05. The predicted octanol–water partition coefficient (Wildman–Crippen LogP) is 3.62. The monoisotopic (exact) mass is 377 g/mol. The molecule has 0 saturated carbocycles. The van der Waals surface area contributed by atoms with E-state index < -0.39 is 4.92 Å². The molecule has 0 fully saturated rings. The van der Waals surface area contributed by atoms with Crippen molar-refractivity contribution in [2.75, 3.05) is 32.0 Å². The van der Waals surface area contributed by atoms with Crippen molar-refractivity contribution in [3.05, 3.63) is 38.8 Å². The molecule has 0 aliphatic heterocycles. The van der Waals surface area contributed by atoms with Crippen LogP contribution in [0.5, 0.6) is 0 Å². The first-order valence-electron chi connectivity index (χ1n) is 9.07. The Morgan fingerprint density at radius 2 is 1.96 bits per heavy atom. The van der Waals surface area contributed by atoms with E-state index in [1.165, 1.54) is 12.1 Å². The molecule has 0 unspecified atom stereocenters. The molecule has 148 valence electrons. The van der Waals surface area contributed by atoms with Gasteiger partial charge in [0.2, 0.25) is 5.91 Å². The van der Waals surface area contributed by atoms with E-state index in [4.69, 9.17) is 5.53 Å². The van der Waals surface area contributed by atoms with Crippen LogP contribution >= 0.6 is 0 Å². The third kappa shape index (κ3) is 9.43. The van der Waals surface area contributed by atoms with E-state index in [9.17, 15) is 14.9 Å². The number of unbranched alkanes of at least 4 members (excludes halogenated alkanes) is 3. The van der Waals surface area contributed by atoms with Gasteiger partial charge in [-0.2, -0.15) is 0 Å². The zero-order valence-corrected chi connectivity index (χ0v) is 15.6. The Balaban J connectivity index is 2.22. The van der Waals surface area contributed by atoms with Crippen LogP contribution in [0.4, 0.5) is 17.1 Å². The molecule has 1 aromatic carbocycles.